The molecule has 0 spiro atoms. The Morgan fingerprint density at radius 1 is 1.12 bits per heavy atom. The van der Waals surface area contributed by atoms with Crippen molar-refractivity contribution in [2.45, 2.75) is 19.3 Å². The van der Waals surface area contributed by atoms with Crippen LogP contribution in [0.2, 0.25) is 0 Å². The molecule has 2 rings (SSSR count). The topological polar surface area (TPSA) is 78.5 Å². The van der Waals surface area contributed by atoms with Gasteiger partial charge in [-0.25, -0.2) is 0 Å². The van der Waals surface area contributed by atoms with Crippen LogP contribution >= 0.6 is 28.3 Å². The molecule has 1 aliphatic rings. The molecular weight excluding hydrogens is 398 g/mol. The molecule has 132 valence electrons. The van der Waals surface area contributed by atoms with Crippen LogP contribution in [0.3, 0.4) is 0 Å². The average molecular weight is 419 g/mol. The van der Waals surface area contributed by atoms with Gasteiger partial charge >= 0.3 is 0 Å². The van der Waals surface area contributed by atoms with E-state index in [0.29, 0.717) is 30.5 Å². The van der Waals surface area contributed by atoms with Crippen molar-refractivity contribution in [1.82, 2.24) is 15.5 Å². The van der Waals surface area contributed by atoms with Crippen LogP contribution in [0.25, 0.3) is 0 Å². The molecule has 6 nitrogen and oxygen atoms in total. The van der Waals surface area contributed by atoms with Gasteiger partial charge in [0.2, 0.25) is 5.91 Å². The minimum Gasteiger partial charge on any atom is -0.356 e. The Bertz CT molecular complexity index is 625. The molecule has 1 aromatic rings. The van der Waals surface area contributed by atoms with Crippen molar-refractivity contribution in [3.05, 3.63) is 33.8 Å². The number of benzene rings is 1. The van der Waals surface area contributed by atoms with Crippen molar-refractivity contribution in [2.75, 3.05) is 26.7 Å². The van der Waals surface area contributed by atoms with Gasteiger partial charge < -0.3 is 10.6 Å². The minimum absolute atomic E-state index is 0. The number of carbonyl (C=O) groups excluding carboxylic acids is 3. The lowest BCUT2D eigenvalue weighted by atomic mass is 10.1. The quantitative estimate of drug-likeness (QED) is 0.500. The van der Waals surface area contributed by atoms with E-state index >= 15 is 0 Å². The Kier molecular flexibility index (Phi) is 8.38. The van der Waals surface area contributed by atoms with Crippen LogP contribution in [0.15, 0.2) is 22.7 Å². The standard InChI is InChI=1S/C16H20BrN3O3.ClH/c1-18-7-3-8-19-14(21)4-2-9-20-15(22)12-6-5-11(17)10-13(12)16(20)23;/h5-6,10,18H,2-4,7-9H2,1H3,(H,19,21);1H. The molecule has 1 aromatic carbocycles. The zero-order valence-electron chi connectivity index (χ0n) is 13.4. The molecule has 0 fully saturated rings. The Morgan fingerprint density at radius 2 is 1.83 bits per heavy atom. The summed E-state index contributed by atoms with van der Waals surface area (Å²) in [5, 5.41) is 5.82. The second-order valence-corrected chi connectivity index (χ2v) is 6.28. The maximum absolute atomic E-state index is 12.3. The molecule has 24 heavy (non-hydrogen) atoms. The van der Waals surface area contributed by atoms with E-state index in [-0.39, 0.29) is 36.7 Å². The van der Waals surface area contributed by atoms with E-state index in [1.165, 1.54) is 4.90 Å². The number of imide groups is 1. The predicted molar refractivity (Wildman–Crippen MR) is 97.5 cm³/mol. The third-order valence-electron chi connectivity index (χ3n) is 3.64. The van der Waals surface area contributed by atoms with Gasteiger partial charge in [-0.05, 0) is 44.6 Å². The summed E-state index contributed by atoms with van der Waals surface area (Å²) in [6.07, 6.45) is 1.64. The maximum atomic E-state index is 12.3. The molecule has 2 N–H and O–H groups in total. The van der Waals surface area contributed by atoms with E-state index in [1.54, 1.807) is 18.2 Å². The summed E-state index contributed by atoms with van der Waals surface area (Å²) in [6.45, 7) is 1.74. The van der Waals surface area contributed by atoms with E-state index < -0.39 is 0 Å². The van der Waals surface area contributed by atoms with Crippen LogP contribution < -0.4 is 10.6 Å². The molecule has 0 saturated carbocycles. The normalized spacial score (nSPS) is 12.8. The monoisotopic (exact) mass is 417 g/mol. The highest BCUT2D eigenvalue weighted by Gasteiger charge is 2.35. The van der Waals surface area contributed by atoms with Crippen molar-refractivity contribution < 1.29 is 14.4 Å². The lowest BCUT2D eigenvalue weighted by Gasteiger charge is -2.13. The van der Waals surface area contributed by atoms with Crippen LogP contribution in [-0.2, 0) is 4.79 Å². The third-order valence-corrected chi connectivity index (χ3v) is 4.14. The maximum Gasteiger partial charge on any atom is 0.261 e. The highest BCUT2D eigenvalue weighted by atomic mass is 79.9. The number of carbonyl (C=O) groups is 3. The van der Waals surface area contributed by atoms with Crippen LogP contribution in [-0.4, -0.2) is 49.3 Å². The number of amides is 3. The van der Waals surface area contributed by atoms with Gasteiger partial charge in [-0.2, -0.15) is 0 Å². The van der Waals surface area contributed by atoms with Gasteiger partial charge in [-0.3, -0.25) is 19.3 Å². The number of hydrogen-bond acceptors (Lipinski definition) is 4. The van der Waals surface area contributed by atoms with Crippen LogP contribution in [0.1, 0.15) is 40.0 Å². The summed E-state index contributed by atoms with van der Waals surface area (Å²) in [7, 11) is 1.86. The second kappa shape index (κ2) is 9.76. The summed E-state index contributed by atoms with van der Waals surface area (Å²) in [5.74, 6) is -0.631. The Labute approximate surface area is 155 Å². The van der Waals surface area contributed by atoms with Crippen molar-refractivity contribution in [2.24, 2.45) is 0 Å². The van der Waals surface area contributed by atoms with Crippen molar-refractivity contribution in [3.63, 3.8) is 0 Å². The fourth-order valence-electron chi connectivity index (χ4n) is 2.45. The molecule has 0 unspecified atom stereocenters. The number of halogens is 2. The van der Waals surface area contributed by atoms with E-state index in [1.807, 2.05) is 7.05 Å². The number of nitrogens with one attached hydrogen (secondary N) is 2. The van der Waals surface area contributed by atoms with Gasteiger partial charge in [0, 0.05) is 24.0 Å². The van der Waals surface area contributed by atoms with E-state index in [9.17, 15) is 14.4 Å². The molecule has 0 aromatic heterocycles. The average Bonchev–Trinajstić information content (AvgIpc) is 2.76. The van der Waals surface area contributed by atoms with Gasteiger partial charge in [0.05, 0.1) is 11.1 Å². The SMILES string of the molecule is CNCCCNC(=O)CCCN1C(=O)c2ccc(Br)cc2C1=O.Cl. The Balaban J connectivity index is 0.00000288. The highest BCUT2D eigenvalue weighted by Crippen LogP contribution is 2.26. The molecule has 0 saturated heterocycles. The Morgan fingerprint density at radius 3 is 2.54 bits per heavy atom. The second-order valence-electron chi connectivity index (χ2n) is 5.36. The molecule has 8 heteroatoms. The van der Waals surface area contributed by atoms with Gasteiger partial charge in [-0.15, -0.1) is 12.4 Å². The van der Waals surface area contributed by atoms with E-state index in [2.05, 4.69) is 26.6 Å². The summed E-state index contributed by atoms with van der Waals surface area (Å²) in [4.78, 5) is 37.4. The molecule has 1 aliphatic heterocycles. The summed E-state index contributed by atoms with van der Waals surface area (Å²) in [6, 6.07) is 5.05. The Hall–Kier alpha value is -1.44. The van der Waals surface area contributed by atoms with Gasteiger partial charge in [-0.1, -0.05) is 15.9 Å². The van der Waals surface area contributed by atoms with Gasteiger partial charge in [0.1, 0.15) is 0 Å². The first-order chi connectivity index (χ1) is 11.0. The number of nitrogens with zero attached hydrogens (tertiary/aromatic N) is 1. The van der Waals surface area contributed by atoms with Gasteiger partial charge in [0.15, 0.2) is 0 Å². The molecule has 3 amide bonds. The zero-order chi connectivity index (χ0) is 16.8. The number of rotatable bonds is 8. The largest absolute Gasteiger partial charge is 0.356 e. The fraction of sp³-hybridized carbons (Fsp3) is 0.438. The third kappa shape index (κ3) is 5.03. The zero-order valence-corrected chi connectivity index (χ0v) is 15.8. The van der Waals surface area contributed by atoms with Crippen molar-refractivity contribution in [3.8, 4) is 0 Å². The van der Waals surface area contributed by atoms with E-state index in [4.69, 9.17) is 0 Å². The van der Waals surface area contributed by atoms with Gasteiger partial charge in [0.25, 0.3) is 11.8 Å². The van der Waals surface area contributed by atoms with Crippen LogP contribution in [0.5, 0.6) is 0 Å². The smallest absolute Gasteiger partial charge is 0.261 e. The summed E-state index contributed by atoms with van der Waals surface area (Å²) < 4.78 is 0.764. The molecule has 0 bridgehead atoms. The minimum atomic E-state index is -0.291. The van der Waals surface area contributed by atoms with E-state index in [0.717, 1.165) is 17.4 Å². The first-order valence-corrected chi connectivity index (χ1v) is 8.41. The molecule has 0 radical (unpaired) electrons. The number of fused-ring (bicyclic) bond motifs is 1. The first-order valence-electron chi connectivity index (χ1n) is 7.61. The molecule has 0 aliphatic carbocycles. The van der Waals surface area contributed by atoms with Crippen LogP contribution in [0, 0.1) is 0 Å². The van der Waals surface area contributed by atoms with Crippen molar-refractivity contribution in [1.29, 1.82) is 0 Å². The summed E-state index contributed by atoms with van der Waals surface area (Å²) >= 11 is 3.30. The fourth-order valence-corrected chi connectivity index (χ4v) is 2.81. The number of hydrogen-bond donors (Lipinski definition) is 2. The lowest BCUT2D eigenvalue weighted by Crippen LogP contribution is -2.32. The van der Waals surface area contributed by atoms with Crippen molar-refractivity contribution >= 4 is 46.1 Å². The van der Waals surface area contributed by atoms with Crippen LogP contribution in [0.4, 0.5) is 0 Å². The molecular formula is C16H21BrClN3O3. The molecule has 0 atom stereocenters. The first kappa shape index (κ1) is 20.6. The summed E-state index contributed by atoms with van der Waals surface area (Å²) in [5.41, 5.74) is 0.843. The highest BCUT2D eigenvalue weighted by molar-refractivity contribution is 9.10. The molecule has 1 heterocycles. The predicted octanol–water partition coefficient (Wildman–Crippen LogP) is 1.97. The lowest BCUT2D eigenvalue weighted by molar-refractivity contribution is -0.121.